The van der Waals surface area contributed by atoms with Crippen LogP contribution in [0.2, 0.25) is 0 Å². The number of amides is 1. The van der Waals surface area contributed by atoms with E-state index in [2.05, 4.69) is 10.4 Å². The van der Waals surface area contributed by atoms with E-state index in [9.17, 15) is 26.4 Å². The van der Waals surface area contributed by atoms with Crippen LogP contribution in [0.15, 0.2) is 53.4 Å². The second-order valence-electron chi connectivity index (χ2n) is 8.26. The van der Waals surface area contributed by atoms with Gasteiger partial charge in [-0.05, 0) is 37.1 Å². The first kappa shape index (κ1) is 22.3. The summed E-state index contributed by atoms with van der Waals surface area (Å²) in [5.41, 5.74) is -1.28. The summed E-state index contributed by atoms with van der Waals surface area (Å²) in [6.45, 7) is -0.447. The predicted octanol–water partition coefficient (Wildman–Crippen LogP) is 4.81. The van der Waals surface area contributed by atoms with Gasteiger partial charge in [0.1, 0.15) is 5.69 Å². The molecule has 0 aliphatic heterocycles. The number of sulfone groups is 1. The predicted molar refractivity (Wildman–Crippen MR) is 114 cm³/mol. The van der Waals surface area contributed by atoms with Crippen molar-refractivity contribution in [3.63, 3.8) is 0 Å². The second-order valence-corrected chi connectivity index (χ2v) is 10.3. The van der Waals surface area contributed by atoms with Crippen molar-refractivity contribution in [2.24, 2.45) is 5.41 Å². The number of hydrogen-bond donors (Lipinski definition) is 1. The van der Waals surface area contributed by atoms with Gasteiger partial charge in [-0.25, -0.2) is 8.42 Å². The van der Waals surface area contributed by atoms with Gasteiger partial charge in [0.05, 0.1) is 22.4 Å². The molecule has 170 valence electrons. The lowest BCUT2D eigenvalue weighted by Crippen LogP contribution is -2.40. The van der Waals surface area contributed by atoms with Gasteiger partial charge in [0.2, 0.25) is 0 Å². The highest BCUT2D eigenvalue weighted by Crippen LogP contribution is 2.51. The first-order valence-electron chi connectivity index (χ1n) is 10.1. The van der Waals surface area contributed by atoms with E-state index in [-0.39, 0.29) is 29.1 Å². The summed E-state index contributed by atoms with van der Waals surface area (Å²) < 4.78 is 66.8. The van der Waals surface area contributed by atoms with E-state index >= 15 is 0 Å². The Morgan fingerprint density at radius 2 is 1.81 bits per heavy atom. The Bertz CT molecular complexity index is 1280. The lowest BCUT2D eigenvalue weighted by molar-refractivity contribution is -0.227. The van der Waals surface area contributed by atoms with Gasteiger partial charge in [-0.1, -0.05) is 37.1 Å². The van der Waals surface area contributed by atoms with Crippen molar-refractivity contribution in [3.05, 3.63) is 54.2 Å². The Labute approximate surface area is 183 Å². The number of carbonyl (C=O) groups excluding carboxylic acids is 1. The van der Waals surface area contributed by atoms with Crippen LogP contribution < -0.4 is 5.32 Å². The minimum Gasteiger partial charge on any atom is -0.321 e. The summed E-state index contributed by atoms with van der Waals surface area (Å²) in [5.74, 6) is -0.653. The highest BCUT2D eigenvalue weighted by atomic mass is 32.2. The lowest BCUT2D eigenvalue weighted by Gasteiger charge is -2.31. The molecule has 0 atom stereocenters. The van der Waals surface area contributed by atoms with Crippen LogP contribution in [-0.4, -0.2) is 36.5 Å². The zero-order valence-electron chi connectivity index (χ0n) is 17.3. The number of hydrogen-bond acceptors (Lipinski definition) is 4. The molecule has 1 aromatic heterocycles. The van der Waals surface area contributed by atoms with Gasteiger partial charge in [0.15, 0.2) is 9.84 Å². The number of carbonyl (C=O) groups is 1. The Morgan fingerprint density at radius 3 is 2.47 bits per heavy atom. The van der Waals surface area contributed by atoms with Crippen LogP contribution in [-0.2, 0) is 16.4 Å². The van der Waals surface area contributed by atoms with Crippen LogP contribution in [0.5, 0.6) is 0 Å². The number of benzene rings is 2. The maximum atomic E-state index is 14.0. The Hall–Kier alpha value is -2.88. The summed E-state index contributed by atoms with van der Waals surface area (Å²) >= 11 is 0. The van der Waals surface area contributed by atoms with Crippen molar-refractivity contribution >= 4 is 32.3 Å². The van der Waals surface area contributed by atoms with Crippen molar-refractivity contribution in [2.75, 3.05) is 11.6 Å². The minimum atomic E-state index is -4.42. The first-order valence-corrected chi connectivity index (χ1v) is 12.0. The standard InChI is InChI=1S/C22H22F3N3O3S/c1-32(30,31)16-8-6-7-15(13-16)26-20(29)19-17-9-2-3-10-18(17)27-28(19)14-21(22(23,24)25)11-4-5-12-21/h2-3,6-10,13H,4-5,11-12,14H2,1H3,(H,26,29). The quantitative estimate of drug-likeness (QED) is 0.586. The summed E-state index contributed by atoms with van der Waals surface area (Å²) in [7, 11) is -3.49. The number of nitrogens with zero attached hydrogens (tertiary/aromatic N) is 2. The van der Waals surface area contributed by atoms with Crippen LogP contribution in [0.1, 0.15) is 36.2 Å². The fourth-order valence-electron chi connectivity index (χ4n) is 4.30. The van der Waals surface area contributed by atoms with Crippen molar-refractivity contribution < 1.29 is 26.4 Å². The molecule has 1 aliphatic carbocycles. The van der Waals surface area contributed by atoms with Gasteiger partial charge >= 0.3 is 6.18 Å². The van der Waals surface area contributed by atoms with Gasteiger partial charge in [-0.2, -0.15) is 18.3 Å². The molecule has 1 fully saturated rings. The molecule has 0 spiro atoms. The molecular formula is C22H22F3N3O3S. The lowest BCUT2D eigenvalue weighted by atomic mass is 9.85. The minimum absolute atomic E-state index is 0.00975. The Morgan fingerprint density at radius 1 is 1.12 bits per heavy atom. The molecule has 3 aromatic rings. The van der Waals surface area contributed by atoms with E-state index in [1.54, 1.807) is 24.3 Å². The number of halogens is 3. The number of anilines is 1. The Balaban J connectivity index is 1.75. The van der Waals surface area contributed by atoms with Gasteiger partial charge in [0, 0.05) is 17.3 Å². The molecule has 0 unspecified atom stereocenters. The number of alkyl halides is 3. The number of rotatable bonds is 5. The fourth-order valence-corrected chi connectivity index (χ4v) is 4.97. The van der Waals surface area contributed by atoms with E-state index in [0.29, 0.717) is 23.7 Å². The maximum absolute atomic E-state index is 14.0. The molecule has 0 radical (unpaired) electrons. The van der Waals surface area contributed by atoms with Gasteiger partial charge < -0.3 is 5.32 Å². The topological polar surface area (TPSA) is 81.1 Å². The molecule has 0 bridgehead atoms. The molecule has 1 N–H and O–H groups in total. The van der Waals surface area contributed by atoms with E-state index < -0.39 is 33.9 Å². The van der Waals surface area contributed by atoms with Crippen LogP contribution in [0.25, 0.3) is 10.9 Å². The largest absolute Gasteiger partial charge is 0.396 e. The summed E-state index contributed by atoms with van der Waals surface area (Å²) in [6, 6.07) is 12.4. The average molecular weight is 465 g/mol. The van der Waals surface area contributed by atoms with E-state index in [1.165, 1.54) is 24.3 Å². The number of nitrogens with one attached hydrogen (secondary N) is 1. The Kier molecular flexibility index (Phi) is 5.52. The molecular weight excluding hydrogens is 443 g/mol. The highest BCUT2D eigenvalue weighted by Gasteiger charge is 2.56. The molecule has 4 rings (SSSR count). The molecule has 1 heterocycles. The number of fused-ring (bicyclic) bond motifs is 1. The number of aromatic nitrogens is 2. The zero-order valence-corrected chi connectivity index (χ0v) is 18.1. The zero-order chi connectivity index (χ0) is 23.1. The molecule has 2 aromatic carbocycles. The normalized spacial score (nSPS) is 16.4. The smallest absolute Gasteiger partial charge is 0.321 e. The highest BCUT2D eigenvalue weighted by molar-refractivity contribution is 7.90. The molecule has 1 saturated carbocycles. The monoisotopic (exact) mass is 465 g/mol. The maximum Gasteiger partial charge on any atom is 0.396 e. The van der Waals surface area contributed by atoms with Crippen molar-refractivity contribution in [1.29, 1.82) is 0 Å². The van der Waals surface area contributed by atoms with Gasteiger partial charge in [0.25, 0.3) is 5.91 Å². The van der Waals surface area contributed by atoms with Crippen molar-refractivity contribution in [3.8, 4) is 0 Å². The second kappa shape index (κ2) is 7.91. The van der Waals surface area contributed by atoms with E-state index in [0.717, 1.165) is 10.9 Å². The summed E-state index contributed by atoms with van der Waals surface area (Å²) in [6.07, 6.45) is -2.44. The van der Waals surface area contributed by atoms with Crippen LogP contribution >= 0.6 is 0 Å². The van der Waals surface area contributed by atoms with E-state index in [1.807, 2.05) is 0 Å². The van der Waals surface area contributed by atoms with Crippen molar-refractivity contribution in [2.45, 2.75) is 43.3 Å². The van der Waals surface area contributed by atoms with E-state index in [4.69, 9.17) is 0 Å². The van der Waals surface area contributed by atoms with Gasteiger partial charge in [-0.3, -0.25) is 9.48 Å². The van der Waals surface area contributed by atoms with Crippen LogP contribution in [0.3, 0.4) is 0 Å². The molecule has 1 aliphatic rings. The molecule has 10 heteroatoms. The fraction of sp³-hybridized carbons (Fsp3) is 0.364. The third-order valence-electron chi connectivity index (χ3n) is 6.00. The average Bonchev–Trinajstić information content (AvgIpc) is 3.32. The van der Waals surface area contributed by atoms with Crippen molar-refractivity contribution in [1.82, 2.24) is 9.78 Å². The molecule has 0 saturated heterocycles. The molecule has 32 heavy (non-hydrogen) atoms. The molecule has 1 amide bonds. The molecule has 6 nitrogen and oxygen atoms in total. The van der Waals surface area contributed by atoms with Crippen LogP contribution in [0, 0.1) is 5.41 Å². The third kappa shape index (κ3) is 4.11. The van der Waals surface area contributed by atoms with Gasteiger partial charge in [-0.15, -0.1) is 0 Å². The SMILES string of the molecule is CS(=O)(=O)c1cccc(NC(=O)c2c3ccccc3nn2CC2(C(F)(F)F)CCCC2)c1. The summed E-state index contributed by atoms with van der Waals surface area (Å²) in [5, 5.41) is 7.36. The van der Waals surface area contributed by atoms with Crippen LogP contribution in [0.4, 0.5) is 18.9 Å². The summed E-state index contributed by atoms with van der Waals surface area (Å²) in [4.78, 5) is 13.2. The first-order chi connectivity index (χ1) is 15.0. The third-order valence-corrected chi connectivity index (χ3v) is 7.11.